The number of ether oxygens (including phenoxy) is 1. The molecule has 110 valence electrons. The van der Waals surface area contributed by atoms with Crippen molar-refractivity contribution in [1.29, 1.82) is 0 Å². The van der Waals surface area contributed by atoms with E-state index in [0.717, 1.165) is 4.90 Å². The van der Waals surface area contributed by atoms with Crippen LogP contribution in [0.25, 0.3) is 0 Å². The largest absolute Gasteiger partial charge is 0.439 e. The first kappa shape index (κ1) is 14.8. The lowest BCUT2D eigenvalue weighted by Crippen LogP contribution is -2.51. The van der Waals surface area contributed by atoms with Crippen molar-refractivity contribution in [2.75, 3.05) is 0 Å². The van der Waals surface area contributed by atoms with Crippen molar-refractivity contribution >= 4 is 17.8 Å². The number of rotatable bonds is 3. The van der Waals surface area contributed by atoms with Crippen LogP contribution in [0.2, 0.25) is 0 Å². The smallest absolute Gasteiger partial charge is 0.312 e. The van der Waals surface area contributed by atoms with Crippen LogP contribution < -0.4 is 0 Å². The monoisotopic (exact) mass is 279 g/mol. The third-order valence-electron chi connectivity index (χ3n) is 4.95. The van der Waals surface area contributed by atoms with Crippen LogP contribution in [-0.4, -0.2) is 28.4 Å². The Hall–Kier alpha value is -1.65. The van der Waals surface area contributed by atoms with E-state index in [1.54, 1.807) is 13.8 Å². The first-order valence-corrected chi connectivity index (χ1v) is 6.72. The highest BCUT2D eigenvalue weighted by atomic mass is 16.6. The fraction of sp³-hybridized carbons (Fsp3) is 0.667. The number of esters is 1. The Morgan fingerprint density at radius 2 is 1.50 bits per heavy atom. The zero-order valence-corrected chi connectivity index (χ0v) is 12.8. The van der Waals surface area contributed by atoms with Crippen molar-refractivity contribution in [2.45, 2.75) is 47.3 Å². The molecule has 2 aliphatic rings. The Kier molecular flexibility index (Phi) is 2.90. The lowest BCUT2D eigenvalue weighted by Gasteiger charge is -2.33. The van der Waals surface area contributed by atoms with Gasteiger partial charge >= 0.3 is 5.97 Å². The third kappa shape index (κ3) is 1.87. The first-order valence-electron chi connectivity index (χ1n) is 6.72. The quantitative estimate of drug-likeness (QED) is 0.584. The number of hydrogen-bond acceptors (Lipinski definition) is 4. The molecule has 0 bridgehead atoms. The van der Waals surface area contributed by atoms with Crippen molar-refractivity contribution in [3.8, 4) is 0 Å². The molecule has 1 saturated carbocycles. The molecule has 1 aliphatic heterocycles. The maximum Gasteiger partial charge on any atom is 0.312 e. The zero-order chi connectivity index (χ0) is 15.5. The van der Waals surface area contributed by atoms with E-state index in [1.807, 2.05) is 27.7 Å². The summed E-state index contributed by atoms with van der Waals surface area (Å²) in [4.78, 5) is 36.7. The van der Waals surface area contributed by atoms with Crippen molar-refractivity contribution in [2.24, 2.45) is 16.7 Å². The summed E-state index contributed by atoms with van der Waals surface area (Å²) in [5.74, 6) is -1.50. The molecule has 0 spiro atoms. The summed E-state index contributed by atoms with van der Waals surface area (Å²) in [7, 11) is 0. The van der Waals surface area contributed by atoms with E-state index in [-0.39, 0.29) is 22.7 Å². The maximum atomic E-state index is 12.3. The zero-order valence-electron chi connectivity index (χ0n) is 12.8. The Bertz CT molecular complexity index is 496. The highest BCUT2D eigenvalue weighted by molar-refractivity contribution is 6.13. The predicted octanol–water partition coefficient (Wildman–Crippen LogP) is 1.87. The summed E-state index contributed by atoms with van der Waals surface area (Å²) < 4.78 is 5.46. The van der Waals surface area contributed by atoms with Crippen molar-refractivity contribution in [3.63, 3.8) is 0 Å². The molecular weight excluding hydrogens is 258 g/mol. The predicted molar refractivity (Wildman–Crippen MR) is 72.2 cm³/mol. The molecule has 0 radical (unpaired) electrons. The van der Waals surface area contributed by atoms with Crippen LogP contribution in [0.15, 0.2) is 12.2 Å². The van der Waals surface area contributed by atoms with Crippen LogP contribution in [0, 0.1) is 16.7 Å². The molecule has 1 heterocycles. The van der Waals surface area contributed by atoms with Gasteiger partial charge in [0.05, 0.1) is 5.92 Å². The average Bonchev–Trinajstić information content (AvgIpc) is 2.50. The SMILES string of the molecule is CC(C)(OC(=O)C1C(C)(C)C1(C)C)N1C(=O)C=CC1=O. The topological polar surface area (TPSA) is 63.7 Å². The third-order valence-corrected chi connectivity index (χ3v) is 4.95. The molecule has 0 aromatic carbocycles. The molecule has 2 rings (SSSR count). The number of amides is 2. The minimum Gasteiger partial charge on any atom is -0.439 e. The lowest BCUT2D eigenvalue weighted by atomic mass is 10.0. The van der Waals surface area contributed by atoms with Gasteiger partial charge in [-0.15, -0.1) is 0 Å². The van der Waals surface area contributed by atoms with Gasteiger partial charge in [-0.1, -0.05) is 27.7 Å². The standard InChI is InChI=1S/C15H21NO4/c1-13(2)11(14(13,3)4)12(19)20-15(5,6)16-9(17)7-8-10(16)18/h7-8,11H,1-6H3. The second-order valence-electron chi connectivity index (χ2n) is 7.09. The van der Waals surface area contributed by atoms with Gasteiger partial charge in [0.25, 0.3) is 11.8 Å². The summed E-state index contributed by atoms with van der Waals surface area (Å²) in [6.45, 7) is 11.2. The van der Waals surface area contributed by atoms with Crippen LogP contribution in [0.4, 0.5) is 0 Å². The molecule has 0 saturated heterocycles. The molecule has 0 atom stereocenters. The van der Waals surface area contributed by atoms with Crippen molar-refractivity contribution in [1.82, 2.24) is 4.90 Å². The lowest BCUT2D eigenvalue weighted by molar-refractivity contribution is -0.183. The minimum atomic E-state index is -1.27. The molecule has 0 N–H and O–H groups in total. The molecule has 0 unspecified atom stereocenters. The van der Waals surface area contributed by atoms with Crippen molar-refractivity contribution in [3.05, 3.63) is 12.2 Å². The minimum absolute atomic E-state index is 0.141. The number of imide groups is 1. The van der Waals surface area contributed by atoms with Gasteiger partial charge in [0.15, 0.2) is 5.72 Å². The molecule has 5 heteroatoms. The van der Waals surface area contributed by atoms with E-state index < -0.39 is 17.5 Å². The van der Waals surface area contributed by atoms with E-state index in [2.05, 4.69) is 0 Å². The van der Waals surface area contributed by atoms with Gasteiger partial charge in [-0.25, -0.2) is 4.90 Å². The Morgan fingerprint density at radius 1 is 1.10 bits per heavy atom. The normalized spacial score (nSPS) is 24.2. The molecule has 1 aliphatic carbocycles. The van der Waals surface area contributed by atoms with Crippen LogP contribution >= 0.6 is 0 Å². The number of carbonyl (C=O) groups excluding carboxylic acids is 3. The van der Waals surface area contributed by atoms with Crippen LogP contribution in [-0.2, 0) is 19.1 Å². The van der Waals surface area contributed by atoms with E-state index >= 15 is 0 Å². The summed E-state index contributed by atoms with van der Waals surface area (Å²) in [5.41, 5.74) is -1.56. The summed E-state index contributed by atoms with van der Waals surface area (Å²) in [5, 5.41) is 0. The van der Waals surface area contributed by atoms with Gasteiger partial charge in [0, 0.05) is 12.2 Å². The highest BCUT2D eigenvalue weighted by Crippen LogP contribution is 2.68. The van der Waals surface area contributed by atoms with Gasteiger partial charge in [-0.05, 0) is 24.7 Å². The molecular formula is C15H21NO4. The Morgan fingerprint density at radius 3 is 1.85 bits per heavy atom. The maximum absolute atomic E-state index is 12.3. The molecule has 5 nitrogen and oxygen atoms in total. The molecule has 1 fully saturated rings. The summed E-state index contributed by atoms with van der Waals surface area (Å²) in [6.07, 6.45) is 2.37. The fourth-order valence-electron chi connectivity index (χ4n) is 3.07. The Balaban J connectivity index is 2.13. The van der Waals surface area contributed by atoms with Crippen LogP contribution in [0.3, 0.4) is 0 Å². The van der Waals surface area contributed by atoms with E-state index in [4.69, 9.17) is 4.74 Å². The van der Waals surface area contributed by atoms with Gasteiger partial charge in [-0.3, -0.25) is 14.4 Å². The summed E-state index contributed by atoms with van der Waals surface area (Å²) in [6, 6.07) is 0. The fourth-order valence-corrected chi connectivity index (χ4v) is 3.07. The van der Waals surface area contributed by atoms with E-state index in [9.17, 15) is 14.4 Å². The molecule has 2 amide bonds. The average molecular weight is 279 g/mol. The molecule has 0 aromatic rings. The Labute approximate surface area is 119 Å². The second kappa shape index (κ2) is 3.93. The first-order chi connectivity index (χ1) is 8.93. The van der Waals surface area contributed by atoms with E-state index in [1.165, 1.54) is 12.2 Å². The molecule has 20 heavy (non-hydrogen) atoms. The second-order valence-corrected chi connectivity index (χ2v) is 7.09. The van der Waals surface area contributed by atoms with Gasteiger partial charge in [0.2, 0.25) is 0 Å². The number of nitrogens with zero attached hydrogens (tertiary/aromatic N) is 1. The van der Waals surface area contributed by atoms with Crippen LogP contribution in [0.1, 0.15) is 41.5 Å². The molecule has 0 aromatic heterocycles. The highest BCUT2D eigenvalue weighted by Gasteiger charge is 2.69. The summed E-state index contributed by atoms with van der Waals surface area (Å²) >= 11 is 0. The van der Waals surface area contributed by atoms with Crippen molar-refractivity contribution < 1.29 is 19.1 Å². The van der Waals surface area contributed by atoms with Crippen LogP contribution in [0.5, 0.6) is 0 Å². The van der Waals surface area contributed by atoms with E-state index in [0.29, 0.717) is 0 Å². The van der Waals surface area contributed by atoms with Gasteiger partial charge in [-0.2, -0.15) is 0 Å². The van der Waals surface area contributed by atoms with Gasteiger partial charge in [0.1, 0.15) is 0 Å². The number of hydrogen-bond donors (Lipinski definition) is 0. The number of carbonyl (C=O) groups is 3. The van der Waals surface area contributed by atoms with Gasteiger partial charge < -0.3 is 4.74 Å².